The van der Waals surface area contributed by atoms with Crippen molar-refractivity contribution in [1.29, 1.82) is 0 Å². The van der Waals surface area contributed by atoms with Crippen LogP contribution in [0.1, 0.15) is 38.0 Å². The molecule has 0 unspecified atom stereocenters. The lowest BCUT2D eigenvalue weighted by Gasteiger charge is -2.22. The van der Waals surface area contributed by atoms with Gasteiger partial charge >= 0.3 is 17.9 Å². The molecule has 224 valence electrons. The van der Waals surface area contributed by atoms with Crippen LogP contribution >= 0.6 is 0 Å². The van der Waals surface area contributed by atoms with E-state index >= 15 is 0 Å². The smallest absolute Gasteiger partial charge is 0.338 e. The van der Waals surface area contributed by atoms with Crippen LogP contribution in [0.4, 0.5) is 17.1 Å². The highest BCUT2D eigenvalue weighted by Crippen LogP contribution is 2.16. The minimum Gasteiger partial charge on any atom is -0.459 e. The van der Waals surface area contributed by atoms with E-state index in [-0.39, 0.29) is 40.4 Å². The molecule has 3 aromatic rings. The van der Waals surface area contributed by atoms with Crippen molar-refractivity contribution in [3.8, 4) is 0 Å². The van der Waals surface area contributed by atoms with Crippen LogP contribution in [0.5, 0.6) is 0 Å². The predicted octanol–water partition coefficient (Wildman–Crippen LogP) is 4.06. The van der Waals surface area contributed by atoms with Crippen LogP contribution in [-0.2, 0) is 18.9 Å². The molecule has 0 spiro atoms. The van der Waals surface area contributed by atoms with E-state index in [2.05, 4.69) is 0 Å². The zero-order valence-corrected chi connectivity index (χ0v) is 22.4. The molecule has 0 fully saturated rings. The van der Waals surface area contributed by atoms with Gasteiger partial charge in [0.1, 0.15) is 25.9 Å². The van der Waals surface area contributed by atoms with Crippen molar-refractivity contribution in [1.82, 2.24) is 0 Å². The van der Waals surface area contributed by atoms with Crippen LogP contribution in [-0.4, -0.2) is 64.7 Å². The summed E-state index contributed by atoms with van der Waals surface area (Å²) >= 11 is 0. The fraction of sp³-hybridized carbons (Fsp3) is 0.222. The summed E-state index contributed by atoms with van der Waals surface area (Å²) in [6.45, 7) is 0.347. The molecule has 1 atom stereocenters. The summed E-state index contributed by atoms with van der Waals surface area (Å²) in [5.74, 6) is -2.47. The van der Waals surface area contributed by atoms with Crippen LogP contribution in [0, 0.1) is 30.3 Å². The van der Waals surface area contributed by atoms with Gasteiger partial charge in [0.05, 0.1) is 37.6 Å². The van der Waals surface area contributed by atoms with Crippen molar-refractivity contribution in [3.63, 3.8) is 0 Å². The number of carbonyl (C=O) groups excluding carboxylic acids is 3. The number of hydrogen-bond donors (Lipinski definition) is 0. The van der Waals surface area contributed by atoms with Gasteiger partial charge in [0.2, 0.25) is 0 Å². The monoisotopic (exact) mass is 597 g/mol. The maximum absolute atomic E-state index is 12.5. The maximum atomic E-state index is 12.5. The number of nitro benzene ring substituents is 3. The van der Waals surface area contributed by atoms with E-state index in [1.807, 2.05) is 0 Å². The summed E-state index contributed by atoms with van der Waals surface area (Å²) < 4.78 is 21.4. The molecule has 0 aliphatic carbocycles. The quantitative estimate of drug-likeness (QED) is 0.111. The van der Waals surface area contributed by atoms with E-state index in [4.69, 9.17) is 18.9 Å². The van der Waals surface area contributed by atoms with E-state index in [9.17, 15) is 44.7 Å². The summed E-state index contributed by atoms with van der Waals surface area (Å²) in [7, 11) is 0. The molecule has 0 radical (unpaired) electrons. The van der Waals surface area contributed by atoms with Crippen LogP contribution in [0.3, 0.4) is 0 Å². The Morgan fingerprint density at radius 1 is 0.558 bits per heavy atom. The minimum atomic E-state index is -1.07. The summed E-state index contributed by atoms with van der Waals surface area (Å²) in [6, 6.07) is 14.0. The van der Waals surface area contributed by atoms with Gasteiger partial charge in [-0.05, 0) is 43.3 Å². The lowest BCUT2D eigenvalue weighted by molar-refractivity contribution is -0.385. The Morgan fingerprint density at radius 3 is 1.12 bits per heavy atom. The molecular formula is C27H23N3O13. The molecule has 0 saturated carbocycles. The van der Waals surface area contributed by atoms with Gasteiger partial charge in [0, 0.05) is 36.4 Å². The Hall–Kier alpha value is -5.77. The molecule has 0 aliphatic heterocycles. The first-order valence-electron chi connectivity index (χ1n) is 12.3. The second-order valence-corrected chi connectivity index (χ2v) is 8.78. The van der Waals surface area contributed by atoms with Crippen molar-refractivity contribution in [2.75, 3.05) is 19.8 Å². The molecule has 0 saturated heterocycles. The fourth-order valence-electron chi connectivity index (χ4n) is 3.43. The topological polar surface area (TPSA) is 218 Å². The number of nitro groups is 3. The van der Waals surface area contributed by atoms with Crippen molar-refractivity contribution in [2.45, 2.75) is 19.1 Å². The van der Waals surface area contributed by atoms with Crippen molar-refractivity contribution < 1.29 is 48.1 Å². The lowest BCUT2D eigenvalue weighted by atomic mass is 10.2. The highest BCUT2D eigenvalue weighted by Gasteiger charge is 2.22. The maximum Gasteiger partial charge on any atom is 0.338 e. The standard InChI is InChI=1S/C27H23N3O13/c1-17(14-40-25(31)18-2-8-21(9-3-18)28(34)35)43-24(15-41-26(32)19-4-10-22(11-5-19)29(36)37)16-42-27(33)20-6-12-23(13-7-20)30(38)39/h2-13,17,24H,14-16H2,1H3/t17-/m1/s1. The molecule has 0 bridgehead atoms. The molecule has 43 heavy (non-hydrogen) atoms. The summed E-state index contributed by atoms with van der Waals surface area (Å²) in [5, 5.41) is 32.5. The Morgan fingerprint density at radius 2 is 0.837 bits per heavy atom. The summed E-state index contributed by atoms with van der Waals surface area (Å²) in [5.41, 5.74) is -0.582. The average Bonchev–Trinajstić information content (AvgIpc) is 3.00. The van der Waals surface area contributed by atoms with Gasteiger partial charge in [-0.15, -0.1) is 0 Å². The third kappa shape index (κ3) is 9.39. The van der Waals surface area contributed by atoms with Crippen LogP contribution in [0.25, 0.3) is 0 Å². The number of carbonyl (C=O) groups is 3. The first kappa shape index (κ1) is 31.8. The molecule has 0 N–H and O–H groups in total. The third-order valence-corrected chi connectivity index (χ3v) is 5.62. The first-order chi connectivity index (χ1) is 20.4. The van der Waals surface area contributed by atoms with E-state index < -0.39 is 58.1 Å². The van der Waals surface area contributed by atoms with Crippen LogP contribution < -0.4 is 0 Å². The van der Waals surface area contributed by atoms with Crippen molar-refractivity contribution >= 4 is 35.0 Å². The Bertz CT molecular complexity index is 1420. The zero-order chi connectivity index (χ0) is 31.5. The number of ether oxygens (including phenoxy) is 4. The fourth-order valence-corrected chi connectivity index (χ4v) is 3.43. The Kier molecular flexibility index (Phi) is 10.9. The van der Waals surface area contributed by atoms with E-state index in [1.54, 1.807) is 0 Å². The van der Waals surface area contributed by atoms with Crippen LogP contribution in [0.15, 0.2) is 72.8 Å². The molecule has 16 heteroatoms. The number of esters is 3. The molecule has 0 amide bonds. The van der Waals surface area contributed by atoms with E-state index in [1.165, 1.54) is 43.3 Å². The molecule has 0 aromatic heterocycles. The number of benzene rings is 3. The molecular weight excluding hydrogens is 574 g/mol. The highest BCUT2D eigenvalue weighted by atomic mass is 16.6. The number of rotatable bonds is 14. The highest BCUT2D eigenvalue weighted by molar-refractivity contribution is 5.90. The molecule has 3 aromatic carbocycles. The SMILES string of the molecule is C[C@H](COC(=O)c1ccc([N+](=O)[O-])cc1)OC(COC(=O)c1ccc([N+](=O)[O-])cc1)COC(=O)c1ccc([N+](=O)[O-])cc1. The normalized spacial score (nSPS) is 11.3. The third-order valence-electron chi connectivity index (χ3n) is 5.62. The second kappa shape index (κ2) is 14.7. The van der Waals surface area contributed by atoms with E-state index in [0.29, 0.717) is 0 Å². The number of non-ortho nitro benzene ring substituents is 3. The van der Waals surface area contributed by atoms with Gasteiger partial charge in [-0.1, -0.05) is 0 Å². The molecule has 16 nitrogen and oxygen atoms in total. The largest absolute Gasteiger partial charge is 0.459 e. The van der Waals surface area contributed by atoms with Gasteiger partial charge in [-0.3, -0.25) is 30.3 Å². The lowest BCUT2D eigenvalue weighted by Crippen LogP contribution is -2.33. The van der Waals surface area contributed by atoms with Gasteiger partial charge in [0.25, 0.3) is 17.1 Å². The predicted molar refractivity (Wildman–Crippen MR) is 144 cm³/mol. The average molecular weight is 597 g/mol. The zero-order valence-electron chi connectivity index (χ0n) is 22.4. The first-order valence-corrected chi connectivity index (χ1v) is 12.3. The minimum absolute atomic E-state index is 0.0114. The van der Waals surface area contributed by atoms with Gasteiger partial charge in [0.15, 0.2) is 0 Å². The van der Waals surface area contributed by atoms with Crippen molar-refractivity contribution in [2.24, 2.45) is 0 Å². The summed E-state index contributed by atoms with van der Waals surface area (Å²) in [6.07, 6.45) is -1.89. The number of nitrogens with zero attached hydrogens (tertiary/aromatic N) is 3. The molecule has 0 heterocycles. The number of hydrogen-bond acceptors (Lipinski definition) is 13. The van der Waals surface area contributed by atoms with Gasteiger partial charge < -0.3 is 18.9 Å². The summed E-state index contributed by atoms with van der Waals surface area (Å²) in [4.78, 5) is 67.9. The van der Waals surface area contributed by atoms with E-state index in [0.717, 1.165) is 36.4 Å². The Balaban J connectivity index is 1.62. The van der Waals surface area contributed by atoms with Gasteiger partial charge in [-0.2, -0.15) is 0 Å². The van der Waals surface area contributed by atoms with Crippen molar-refractivity contribution in [3.05, 3.63) is 120 Å². The Labute approximate surface area is 242 Å². The second-order valence-electron chi connectivity index (χ2n) is 8.78. The molecule has 0 aliphatic rings. The van der Waals surface area contributed by atoms with Gasteiger partial charge in [-0.25, -0.2) is 14.4 Å². The van der Waals surface area contributed by atoms with Crippen LogP contribution in [0.2, 0.25) is 0 Å². The molecule has 3 rings (SSSR count).